The molecule has 0 aliphatic carbocycles. The highest BCUT2D eigenvalue weighted by Gasteiger charge is 2.04. The van der Waals surface area contributed by atoms with E-state index in [1.54, 1.807) is 0 Å². The van der Waals surface area contributed by atoms with E-state index < -0.39 is 6.03 Å². The molecule has 0 saturated heterocycles. The molecule has 0 bridgehead atoms. The summed E-state index contributed by atoms with van der Waals surface area (Å²) in [6.07, 6.45) is 8.27. The summed E-state index contributed by atoms with van der Waals surface area (Å²) in [6.45, 7) is 2.22. The molecule has 0 aliphatic rings. The molecule has 0 unspecified atom stereocenters. The van der Waals surface area contributed by atoms with Crippen LogP contribution in [0.2, 0.25) is 0 Å². The number of nitrogens with zero attached hydrogens (tertiary/aromatic N) is 1. The lowest BCUT2D eigenvalue weighted by molar-refractivity contribution is 0.249. The molecule has 2 amide bonds. The number of carbonyl (C=O) groups excluding carboxylic acids is 1. The normalized spacial score (nSPS) is 11.3. The number of hydrogen-bond acceptors (Lipinski definition) is 2. The molecule has 0 aromatic heterocycles. The van der Waals surface area contributed by atoms with Crippen molar-refractivity contribution in [1.29, 1.82) is 0 Å². The van der Waals surface area contributed by atoms with Crippen molar-refractivity contribution in [3.63, 3.8) is 0 Å². The highest BCUT2D eigenvalue weighted by atomic mass is 16.2. The van der Waals surface area contributed by atoms with Gasteiger partial charge in [0.2, 0.25) is 0 Å². The zero-order valence-corrected chi connectivity index (χ0v) is 12.3. The largest absolute Gasteiger partial charge is 0.350 e. The Hall–Kier alpha value is -1.84. The first-order valence-corrected chi connectivity index (χ1v) is 7.41. The highest BCUT2D eigenvalue weighted by Crippen LogP contribution is 2.11. The number of urea groups is 1. The fraction of sp³-hybridized carbons (Fsp3) is 0.500. The molecule has 20 heavy (non-hydrogen) atoms. The van der Waals surface area contributed by atoms with Crippen molar-refractivity contribution in [1.82, 2.24) is 5.43 Å². The predicted molar refractivity (Wildman–Crippen MR) is 83.7 cm³/mol. The van der Waals surface area contributed by atoms with E-state index in [0.717, 1.165) is 24.1 Å². The fourth-order valence-corrected chi connectivity index (χ4v) is 2.09. The Morgan fingerprint density at radius 1 is 1.10 bits per heavy atom. The van der Waals surface area contributed by atoms with Crippen molar-refractivity contribution >= 4 is 11.7 Å². The first-order chi connectivity index (χ1) is 9.74. The van der Waals surface area contributed by atoms with E-state index in [-0.39, 0.29) is 0 Å². The number of nitrogens with one attached hydrogen (secondary N) is 1. The molecule has 0 spiro atoms. The van der Waals surface area contributed by atoms with Crippen LogP contribution in [0.3, 0.4) is 0 Å². The lowest BCUT2D eigenvalue weighted by atomic mass is 10.0. The summed E-state index contributed by atoms with van der Waals surface area (Å²) in [6, 6.07) is 9.28. The maximum atomic E-state index is 10.8. The van der Waals surface area contributed by atoms with Crippen LogP contribution >= 0.6 is 0 Å². The third-order valence-corrected chi connectivity index (χ3v) is 3.18. The summed E-state index contributed by atoms with van der Waals surface area (Å²) >= 11 is 0. The summed E-state index contributed by atoms with van der Waals surface area (Å²) in [5.74, 6) is 0. The second-order valence-electron chi connectivity index (χ2n) is 4.92. The number of rotatable bonds is 9. The molecular weight excluding hydrogens is 250 g/mol. The van der Waals surface area contributed by atoms with Crippen molar-refractivity contribution < 1.29 is 4.79 Å². The Labute approximate surface area is 121 Å². The minimum Gasteiger partial charge on any atom is -0.350 e. The number of carbonyl (C=O) groups is 1. The van der Waals surface area contributed by atoms with Gasteiger partial charge < -0.3 is 5.73 Å². The summed E-state index contributed by atoms with van der Waals surface area (Å²) in [5, 5.41) is 4.12. The monoisotopic (exact) mass is 275 g/mol. The molecule has 1 aromatic carbocycles. The van der Waals surface area contributed by atoms with Crippen LogP contribution in [0.1, 0.15) is 57.4 Å². The van der Waals surface area contributed by atoms with Crippen LogP contribution in [0.15, 0.2) is 35.4 Å². The first-order valence-electron chi connectivity index (χ1n) is 7.41. The van der Waals surface area contributed by atoms with Gasteiger partial charge in [-0.1, -0.05) is 69.4 Å². The van der Waals surface area contributed by atoms with Crippen LogP contribution < -0.4 is 11.2 Å². The van der Waals surface area contributed by atoms with E-state index >= 15 is 0 Å². The molecule has 4 nitrogen and oxygen atoms in total. The van der Waals surface area contributed by atoms with E-state index in [2.05, 4.69) is 17.5 Å². The van der Waals surface area contributed by atoms with Crippen LogP contribution in [-0.2, 0) is 0 Å². The number of hydrazone groups is 1. The molecule has 1 aromatic rings. The summed E-state index contributed by atoms with van der Waals surface area (Å²) in [4.78, 5) is 10.8. The molecule has 0 aliphatic heterocycles. The average molecular weight is 275 g/mol. The van der Waals surface area contributed by atoms with Crippen molar-refractivity contribution in [2.24, 2.45) is 10.8 Å². The lowest BCUT2D eigenvalue weighted by Crippen LogP contribution is -2.26. The lowest BCUT2D eigenvalue weighted by Gasteiger charge is -2.07. The standard InChI is InChI=1S/C16H25N3O/c1-2-3-4-5-6-10-13-15(18-19-16(17)20)14-11-8-7-9-12-14/h7-9,11-12H,2-6,10,13H2,1H3,(H3,17,19,20)/b18-15-. The van der Waals surface area contributed by atoms with Gasteiger partial charge in [-0.15, -0.1) is 0 Å². The van der Waals surface area contributed by atoms with E-state index in [9.17, 15) is 4.79 Å². The van der Waals surface area contributed by atoms with Gasteiger partial charge in [0.05, 0.1) is 5.71 Å². The molecule has 1 rings (SSSR count). The number of benzene rings is 1. The molecule has 3 N–H and O–H groups in total. The van der Waals surface area contributed by atoms with Crippen LogP contribution in [-0.4, -0.2) is 11.7 Å². The van der Waals surface area contributed by atoms with Gasteiger partial charge in [-0.25, -0.2) is 10.2 Å². The summed E-state index contributed by atoms with van der Waals surface area (Å²) in [7, 11) is 0. The van der Waals surface area contributed by atoms with Gasteiger partial charge in [0, 0.05) is 0 Å². The second-order valence-corrected chi connectivity index (χ2v) is 4.92. The van der Waals surface area contributed by atoms with Crippen LogP contribution in [0.25, 0.3) is 0 Å². The van der Waals surface area contributed by atoms with Crippen LogP contribution in [0.5, 0.6) is 0 Å². The van der Waals surface area contributed by atoms with Crippen LogP contribution in [0.4, 0.5) is 4.79 Å². The van der Waals surface area contributed by atoms with Crippen molar-refractivity contribution in [3.8, 4) is 0 Å². The molecule has 0 saturated carbocycles. The van der Waals surface area contributed by atoms with Crippen molar-refractivity contribution in [2.75, 3.05) is 0 Å². The molecule has 0 fully saturated rings. The van der Waals surface area contributed by atoms with Gasteiger partial charge in [0.1, 0.15) is 0 Å². The molecule has 0 heterocycles. The maximum absolute atomic E-state index is 10.8. The Kier molecular flexibility index (Phi) is 8.11. The van der Waals surface area contributed by atoms with Gasteiger partial charge in [-0.05, 0) is 18.4 Å². The zero-order chi connectivity index (χ0) is 14.6. The van der Waals surface area contributed by atoms with E-state index in [0.29, 0.717) is 0 Å². The molecule has 0 atom stereocenters. The summed E-state index contributed by atoms with van der Waals surface area (Å²) in [5.41, 5.74) is 9.33. The van der Waals surface area contributed by atoms with Gasteiger partial charge in [-0.2, -0.15) is 5.10 Å². The number of unbranched alkanes of at least 4 members (excludes halogenated alkanes) is 5. The number of nitrogens with two attached hydrogens (primary N) is 1. The maximum Gasteiger partial charge on any atom is 0.332 e. The minimum absolute atomic E-state index is 0.624. The van der Waals surface area contributed by atoms with Gasteiger partial charge in [0.15, 0.2) is 0 Å². The third kappa shape index (κ3) is 6.92. The second kappa shape index (κ2) is 10.0. The highest BCUT2D eigenvalue weighted by molar-refractivity contribution is 6.00. The third-order valence-electron chi connectivity index (χ3n) is 3.18. The van der Waals surface area contributed by atoms with Gasteiger partial charge in [0.25, 0.3) is 0 Å². The predicted octanol–water partition coefficient (Wildman–Crippen LogP) is 3.81. The number of primary amides is 1. The van der Waals surface area contributed by atoms with Crippen molar-refractivity contribution in [2.45, 2.75) is 51.9 Å². The van der Waals surface area contributed by atoms with E-state index in [1.807, 2.05) is 30.3 Å². The van der Waals surface area contributed by atoms with E-state index in [1.165, 1.54) is 32.1 Å². The average Bonchev–Trinajstić information content (AvgIpc) is 2.46. The Morgan fingerprint density at radius 2 is 1.75 bits per heavy atom. The van der Waals surface area contributed by atoms with Crippen LogP contribution in [0, 0.1) is 0 Å². The fourth-order valence-electron chi connectivity index (χ4n) is 2.09. The quantitative estimate of drug-likeness (QED) is 0.401. The Bertz CT molecular complexity index is 415. The number of hydrogen-bond donors (Lipinski definition) is 2. The number of amides is 2. The first kappa shape index (κ1) is 16.2. The molecule has 4 heteroatoms. The SMILES string of the molecule is CCCCCCCC/C(=N/NC(N)=O)c1ccccc1. The zero-order valence-electron chi connectivity index (χ0n) is 12.3. The van der Waals surface area contributed by atoms with Crippen molar-refractivity contribution in [3.05, 3.63) is 35.9 Å². The summed E-state index contributed by atoms with van der Waals surface area (Å²) < 4.78 is 0. The molecule has 110 valence electrons. The minimum atomic E-state index is -0.624. The smallest absolute Gasteiger partial charge is 0.332 e. The molecular formula is C16H25N3O. The van der Waals surface area contributed by atoms with E-state index in [4.69, 9.17) is 5.73 Å². The van der Waals surface area contributed by atoms with Gasteiger partial charge in [-0.3, -0.25) is 0 Å². The van der Waals surface area contributed by atoms with Gasteiger partial charge >= 0.3 is 6.03 Å². The molecule has 0 radical (unpaired) electrons. The Balaban J connectivity index is 2.47. The Morgan fingerprint density at radius 3 is 2.40 bits per heavy atom. The topological polar surface area (TPSA) is 67.5 Å².